The van der Waals surface area contributed by atoms with Gasteiger partial charge in [0.15, 0.2) is 11.7 Å². The minimum Gasteiger partial charge on any atom is -0.480 e. The number of Topliss-reactive ketones (excluding diaryl/α,β-unsaturated/α-hetero) is 1. The van der Waals surface area contributed by atoms with Crippen molar-refractivity contribution in [3.8, 4) is 0 Å². The number of amides is 2. The molecule has 3 rings (SSSR count). The monoisotopic (exact) mass is 380 g/mol. The van der Waals surface area contributed by atoms with Crippen molar-refractivity contribution in [3.63, 3.8) is 0 Å². The number of nitrogens with one attached hydrogen (secondary N) is 1. The van der Waals surface area contributed by atoms with Crippen LogP contribution in [0.5, 0.6) is 0 Å². The van der Waals surface area contributed by atoms with Crippen LogP contribution in [0.15, 0.2) is 60.7 Å². The van der Waals surface area contributed by atoms with E-state index < -0.39 is 42.1 Å². The van der Waals surface area contributed by atoms with E-state index in [2.05, 4.69) is 5.32 Å². The van der Waals surface area contributed by atoms with Crippen LogP contribution in [0, 0.1) is 5.92 Å². The molecule has 2 atom stereocenters. The lowest BCUT2D eigenvalue weighted by Gasteiger charge is -2.38. The molecule has 0 aliphatic carbocycles. The number of carboxylic acid groups (broad SMARTS) is 1. The third-order valence-corrected chi connectivity index (χ3v) is 4.68. The summed E-state index contributed by atoms with van der Waals surface area (Å²) >= 11 is 0. The average molecular weight is 380 g/mol. The van der Waals surface area contributed by atoms with Gasteiger partial charge in [-0.3, -0.25) is 19.2 Å². The maximum Gasteiger partial charge on any atom is 0.322 e. The van der Waals surface area contributed by atoms with E-state index in [0.29, 0.717) is 0 Å². The SMILES string of the molecule is O=C(O)CNC(=O)C1C(=O)CC(c2ccccc2)N(Cc2ccccc2)C1=O. The molecule has 1 heterocycles. The molecule has 2 aromatic rings. The molecule has 2 aromatic carbocycles. The Kier molecular flexibility index (Phi) is 5.84. The second-order valence-electron chi connectivity index (χ2n) is 6.59. The fourth-order valence-corrected chi connectivity index (χ4v) is 3.34. The second kappa shape index (κ2) is 8.47. The van der Waals surface area contributed by atoms with Crippen molar-refractivity contribution in [1.82, 2.24) is 10.2 Å². The number of likely N-dealkylation sites (tertiary alicyclic amines) is 1. The summed E-state index contributed by atoms with van der Waals surface area (Å²) in [4.78, 5) is 50.3. The summed E-state index contributed by atoms with van der Waals surface area (Å²) in [5.41, 5.74) is 1.68. The highest BCUT2D eigenvalue weighted by atomic mass is 16.4. The summed E-state index contributed by atoms with van der Waals surface area (Å²) in [6, 6.07) is 18.0. The number of carbonyl (C=O) groups is 4. The average Bonchev–Trinajstić information content (AvgIpc) is 2.70. The van der Waals surface area contributed by atoms with Crippen molar-refractivity contribution < 1.29 is 24.3 Å². The predicted molar refractivity (Wildman–Crippen MR) is 99.9 cm³/mol. The number of piperidine rings is 1. The van der Waals surface area contributed by atoms with Gasteiger partial charge in [0.1, 0.15) is 6.54 Å². The fraction of sp³-hybridized carbons (Fsp3) is 0.238. The van der Waals surface area contributed by atoms with Crippen molar-refractivity contribution in [2.24, 2.45) is 5.92 Å². The third kappa shape index (κ3) is 4.25. The highest BCUT2D eigenvalue weighted by Crippen LogP contribution is 2.33. The number of ketones is 1. The maximum atomic E-state index is 13.1. The first-order chi connectivity index (χ1) is 13.5. The first-order valence-electron chi connectivity index (χ1n) is 8.89. The minimum absolute atomic E-state index is 0.00621. The highest BCUT2D eigenvalue weighted by molar-refractivity contribution is 6.19. The summed E-state index contributed by atoms with van der Waals surface area (Å²) in [5.74, 6) is -4.76. The van der Waals surface area contributed by atoms with Crippen LogP contribution in [-0.4, -0.2) is 40.1 Å². The summed E-state index contributed by atoms with van der Waals surface area (Å²) in [6.45, 7) is -0.397. The smallest absolute Gasteiger partial charge is 0.322 e. The van der Waals surface area contributed by atoms with E-state index in [1.807, 2.05) is 60.7 Å². The Labute approximate surface area is 162 Å². The molecule has 1 aliphatic heterocycles. The molecule has 2 unspecified atom stereocenters. The Morgan fingerprint density at radius 1 is 1.00 bits per heavy atom. The molecule has 7 heteroatoms. The third-order valence-electron chi connectivity index (χ3n) is 4.68. The molecule has 144 valence electrons. The van der Waals surface area contributed by atoms with Crippen LogP contribution in [0.2, 0.25) is 0 Å². The lowest BCUT2D eigenvalue weighted by Crippen LogP contribution is -2.53. The van der Waals surface area contributed by atoms with Crippen LogP contribution in [0.1, 0.15) is 23.6 Å². The quantitative estimate of drug-likeness (QED) is 0.740. The zero-order chi connectivity index (χ0) is 20.1. The van der Waals surface area contributed by atoms with Crippen LogP contribution in [-0.2, 0) is 25.7 Å². The molecule has 1 saturated heterocycles. The molecular weight excluding hydrogens is 360 g/mol. The Hall–Kier alpha value is -3.48. The molecule has 0 bridgehead atoms. The van der Waals surface area contributed by atoms with Gasteiger partial charge in [0, 0.05) is 13.0 Å². The summed E-state index contributed by atoms with van der Waals surface area (Å²) in [7, 11) is 0. The molecule has 0 aromatic heterocycles. The van der Waals surface area contributed by atoms with Gasteiger partial charge in [-0.2, -0.15) is 0 Å². The molecule has 1 aliphatic rings. The largest absolute Gasteiger partial charge is 0.480 e. The van der Waals surface area contributed by atoms with Gasteiger partial charge in [-0.25, -0.2) is 0 Å². The maximum absolute atomic E-state index is 13.1. The predicted octanol–water partition coefficient (Wildman–Crippen LogP) is 1.55. The number of carbonyl (C=O) groups excluding carboxylic acids is 3. The molecule has 0 saturated carbocycles. The summed E-state index contributed by atoms with van der Waals surface area (Å²) in [5, 5.41) is 10.9. The number of nitrogens with zero attached hydrogens (tertiary/aromatic N) is 1. The van der Waals surface area contributed by atoms with Gasteiger partial charge in [-0.1, -0.05) is 60.7 Å². The van der Waals surface area contributed by atoms with Gasteiger partial charge in [0.05, 0.1) is 6.04 Å². The molecule has 1 fully saturated rings. The zero-order valence-electron chi connectivity index (χ0n) is 15.1. The van der Waals surface area contributed by atoms with Gasteiger partial charge in [-0.15, -0.1) is 0 Å². The Morgan fingerprint density at radius 3 is 2.21 bits per heavy atom. The van der Waals surface area contributed by atoms with E-state index in [4.69, 9.17) is 5.11 Å². The molecular formula is C21H20N2O5. The van der Waals surface area contributed by atoms with Crippen molar-refractivity contribution in [3.05, 3.63) is 71.8 Å². The standard InChI is InChI=1S/C21H20N2O5/c24-17-11-16(15-9-5-2-6-10-15)23(13-14-7-3-1-4-8-14)21(28)19(17)20(27)22-12-18(25)26/h1-10,16,19H,11-13H2,(H,22,27)(H,25,26). The Balaban J connectivity index is 1.90. The molecule has 2 N–H and O–H groups in total. The molecule has 28 heavy (non-hydrogen) atoms. The summed E-state index contributed by atoms with van der Waals surface area (Å²) < 4.78 is 0. The molecule has 7 nitrogen and oxygen atoms in total. The Morgan fingerprint density at radius 2 is 1.61 bits per heavy atom. The van der Waals surface area contributed by atoms with Crippen LogP contribution < -0.4 is 5.32 Å². The zero-order valence-corrected chi connectivity index (χ0v) is 15.1. The number of carboxylic acids is 1. The van der Waals surface area contributed by atoms with Crippen molar-refractivity contribution >= 4 is 23.6 Å². The lowest BCUT2D eigenvalue weighted by molar-refractivity contribution is -0.155. The topological polar surface area (TPSA) is 104 Å². The van der Waals surface area contributed by atoms with Crippen LogP contribution in [0.4, 0.5) is 0 Å². The van der Waals surface area contributed by atoms with Gasteiger partial charge < -0.3 is 15.3 Å². The number of hydrogen-bond acceptors (Lipinski definition) is 4. The van der Waals surface area contributed by atoms with E-state index in [0.717, 1.165) is 11.1 Å². The van der Waals surface area contributed by atoms with E-state index >= 15 is 0 Å². The lowest BCUT2D eigenvalue weighted by atomic mass is 9.86. The van der Waals surface area contributed by atoms with Crippen molar-refractivity contribution in [1.29, 1.82) is 0 Å². The molecule has 0 radical (unpaired) electrons. The first-order valence-corrected chi connectivity index (χ1v) is 8.89. The molecule has 2 amide bonds. The van der Waals surface area contributed by atoms with Gasteiger partial charge in [-0.05, 0) is 11.1 Å². The van der Waals surface area contributed by atoms with E-state index in [9.17, 15) is 19.2 Å². The van der Waals surface area contributed by atoms with Crippen LogP contribution in [0.3, 0.4) is 0 Å². The number of hydrogen-bond donors (Lipinski definition) is 2. The molecule has 0 spiro atoms. The van der Waals surface area contributed by atoms with Crippen LogP contribution in [0.25, 0.3) is 0 Å². The van der Waals surface area contributed by atoms with E-state index in [-0.39, 0.29) is 13.0 Å². The van der Waals surface area contributed by atoms with E-state index in [1.165, 1.54) is 4.90 Å². The number of benzene rings is 2. The van der Waals surface area contributed by atoms with E-state index in [1.54, 1.807) is 0 Å². The fourth-order valence-electron chi connectivity index (χ4n) is 3.34. The normalized spacial score (nSPS) is 19.4. The Bertz CT molecular complexity index is 882. The minimum atomic E-state index is -1.52. The number of rotatable bonds is 6. The van der Waals surface area contributed by atoms with Gasteiger partial charge >= 0.3 is 5.97 Å². The van der Waals surface area contributed by atoms with Crippen molar-refractivity contribution in [2.45, 2.75) is 19.0 Å². The van der Waals surface area contributed by atoms with Crippen molar-refractivity contribution in [2.75, 3.05) is 6.54 Å². The first kappa shape index (κ1) is 19.3. The number of aliphatic carboxylic acids is 1. The van der Waals surface area contributed by atoms with Gasteiger partial charge in [0.25, 0.3) is 0 Å². The highest BCUT2D eigenvalue weighted by Gasteiger charge is 2.45. The van der Waals surface area contributed by atoms with Crippen LogP contribution >= 0.6 is 0 Å². The van der Waals surface area contributed by atoms with Gasteiger partial charge in [0.2, 0.25) is 11.8 Å². The summed E-state index contributed by atoms with van der Waals surface area (Å²) in [6.07, 6.45) is -0.00621. The second-order valence-corrected chi connectivity index (χ2v) is 6.59.